The van der Waals surface area contributed by atoms with Crippen LogP contribution in [0.15, 0.2) is 6.20 Å². The van der Waals surface area contributed by atoms with Crippen LogP contribution in [0.5, 0.6) is 0 Å². The number of rotatable bonds is 3. The third-order valence-corrected chi connectivity index (χ3v) is 5.68. The molecule has 22 heavy (non-hydrogen) atoms. The van der Waals surface area contributed by atoms with Crippen LogP contribution in [0.1, 0.15) is 45.7 Å². The van der Waals surface area contributed by atoms with E-state index in [0.29, 0.717) is 5.82 Å². The van der Waals surface area contributed by atoms with Crippen LogP contribution in [0.25, 0.3) is 0 Å². The molecule has 1 aliphatic carbocycles. The van der Waals surface area contributed by atoms with E-state index in [0.717, 1.165) is 49.9 Å². The van der Waals surface area contributed by atoms with E-state index >= 15 is 0 Å². The van der Waals surface area contributed by atoms with Crippen LogP contribution in [0.2, 0.25) is 0 Å². The van der Waals surface area contributed by atoms with Crippen molar-refractivity contribution in [1.29, 1.82) is 0 Å². The smallest absolute Gasteiger partial charge is 0.240 e. The minimum Gasteiger partial charge on any atom is -0.383 e. The van der Waals surface area contributed by atoms with Gasteiger partial charge in [-0.15, -0.1) is 0 Å². The topological polar surface area (TPSA) is 64.9 Å². The van der Waals surface area contributed by atoms with Crippen molar-refractivity contribution < 1.29 is 9.30 Å². The van der Waals surface area contributed by atoms with Gasteiger partial charge in [0, 0.05) is 18.5 Å². The zero-order valence-corrected chi connectivity index (χ0v) is 13.7. The fraction of sp³-hybridized carbons (Fsp3) is 0.562. The van der Waals surface area contributed by atoms with Crippen LogP contribution >= 0.6 is 11.3 Å². The summed E-state index contributed by atoms with van der Waals surface area (Å²) in [5.41, 5.74) is 8.64. The van der Waals surface area contributed by atoms with Crippen molar-refractivity contribution in [2.75, 3.05) is 18.9 Å². The molecule has 5 nitrogen and oxygen atoms in total. The fourth-order valence-corrected chi connectivity index (χ4v) is 4.42. The Balaban J connectivity index is 1.75. The summed E-state index contributed by atoms with van der Waals surface area (Å²) in [4.78, 5) is 10.1. The Labute approximate surface area is 134 Å². The van der Waals surface area contributed by atoms with Crippen LogP contribution in [-0.2, 0) is 24.1 Å². The van der Waals surface area contributed by atoms with Gasteiger partial charge >= 0.3 is 0 Å². The molecule has 6 heteroatoms. The third kappa shape index (κ3) is 2.61. The highest BCUT2D eigenvalue weighted by Gasteiger charge is 2.39. The lowest BCUT2D eigenvalue weighted by Gasteiger charge is -2.05. The average molecular weight is 317 g/mol. The van der Waals surface area contributed by atoms with E-state index in [1.807, 2.05) is 24.5 Å². The first-order valence-corrected chi connectivity index (χ1v) is 8.74. The molecule has 2 bridgehead atoms. The average Bonchev–Trinajstić information content (AvgIpc) is 3.22. The van der Waals surface area contributed by atoms with Crippen molar-refractivity contribution in [3.8, 4) is 0 Å². The number of hydrogen-bond acceptors (Lipinski definition) is 5. The summed E-state index contributed by atoms with van der Waals surface area (Å²) >= 11 is 1.96. The number of nitrogens with two attached hydrogens (primary N) is 1. The Hall–Kier alpha value is -1.53. The van der Waals surface area contributed by atoms with E-state index in [4.69, 9.17) is 10.5 Å². The van der Waals surface area contributed by atoms with Gasteiger partial charge in [-0.3, -0.25) is 0 Å². The van der Waals surface area contributed by atoms with E-state index in [-0.39, 0.29) is 0 Å². The summed E-state index contributed by atoms with van der Waals surface area (Å²) in [6.45, 7) is 4.31. The molecular weight excluding hydrogens is 296 g/mol. The molecule has 2 aromatic rings. The van der Waals surface area contributed by atoms with Gasteiger partial charge in [-0.1, -0.05) is 11.3 Å². The number of anilines is 1. The summed E-state index contributed by atoms with van der Waals surface area (Å²) in [5, 5.41) is 1.40. The van der Waals surface area contributed by atoms with Crippen LogP contribution < -0.4 is 10.3 Å². The van der Waals surface area contributed by atoms with E-state index < -0.39 is 0 Å². The maximum atomic E-state index is 6.10. The normalized spacial score (nSPS) is 18.0. The summed E-state index contributed by atoms with van der Waals surface area (Å²) in [7, 11) is 0. The molecule has 1 aliphatic heterocycles. The predicted octanol–water partition coefficient (Wildman–Crippen LogP) is 1.76. The summed E-state index contributed by atoms with van der Waals surface area (Å²) in [5.74, 6) is 2.06. The van der Waals surface area contributed by atoms with Gasteiger partial charge in [0.2, 0.25) is 5.01 Å². The quantitative estimate of drug-likeness (QED) is 0.876. The number of thiazole rings is 1. The highest BCUT2D eigenvalue weighted by Crippen LogP contribution is 2.42. The van der Waals surface area contributed by atoms with Crippen LogP contribution in [0.3, 0.4) is 0 Å². The maximum absolute atomic E-state index is 6.10. The van der Waals surface area contributed by atoms with Gasteiger partial charge in [-0.05, 0) is 19.8 Å². The van der Waals surface area contributed by atoms with E-state index in [1.165, 1.54) is 28.4 Å². The van der Waals surface area contributed by atoms with Gasteiger partial charge in [0.1, 0.15) is 11.6 Å². The second kappa shape index (κ2) is 5.59. The van der Waals surface area contributed by atoms with Crippen molar-refractivity contribution in [2.24, 2.45) is 0 Å². The van der Waals surface area contributed by atoms with Crippen molar-refractivity contribution >= 4 is 17.2 Å². The van der Waals surface area contributed by atoms with Crippen molar-refractivity contribution in [1.82, 2.24) is 9.97 Å². The third-order valence-electron chi connectivity index (χ3n) is 4.36. The first-order chi connectivity index (χ1) is 10.7. The van der Waals surface area contributed by atoms with Gasteiger partial charge in [0.05, 0.1) is 30.1 Å². The molecule has 0 saturated heterocycles. The minimum atomic E-state index is 0.603. The lowest BCUT2D eigenvalue weighted by molar-refractivity contribution is -0.698. The highest BCUT2D eigenvalue weighted by molar-refractivity contribution is 7.11. The predicted molar refractivity (Wildman–Crippen MR) is 85.0 cm³/mol. The molecule has 1 fully saturated rings. The number of aromatic nitrogens is 3. The Morgan fingerprint density at radius 2 is 2.18 bits per heavy atom. The minimum absolute atomic E-state index is 0.603. The molecule has 2 N–H and O–H groups in total. The lowest BCUT2D eigenvalue weighted by Crippen LogP contribution is -2.41. The second-order valence-corrected chi connectivity index (χ2v) is 7.27. The summed E-state index contributed by atoms with van der Waals surface area (Å²) in [6, 6.07) is 0. The number of aryl methyl sites for hydroxylation is 1. The fourth-order valence-electron chi connectivity index (χ4n) is 3.11. The first-order valence-electron chi connectivity index (χ1n) is 7.92. The SMILES string of the molecule is Cc1ncc(C[n+]2c3sc(c2C2CC2)CCOCC3)c(N)n1. The highest BCUT2D eigenvalue weighted by atomic mass is 32.1. The number of nitrogen functional groups attached to an aromatic ring is 1. The molecule has 2 aliphatic rings. The Morgan fingerprint density at radius 1 is 1.36 bits per heavy atom. The van der Waals surface area contributed by atoms with Crippen LogP contribution in [0.4, 0.5) is 5.82 Å². The number of nitrogens with zero attached hydrogens (tertiary/aromatic N) is 3. The van der Waals surface area contributed by atoms with Gasteiger partial charge < -0.3 is 10.5 Å². The molecule has 0 aromatic carbocycles. The molecule has 1 saturated carbocycles. The molecule has 0 amide bonds. The van der Waals surface area contributed by atoms with E-state index in [9.17, 15) is 0 Å². The molecule has 3 heterocycles. The first kappa shape index (κ1) is 14.1. The Kier molecular flexibility index (Phi) is 3.58. The van der Waals surface area contributed by atoms with Gasteiger partial charge in [-0.25, -0.2) is 9.97 Å². The second-order valence-electron chi connectivity index (χ2n) is 6.10. The van der Waals surface area contributed by atoms with Crippen LogP contribution in [-0.4, -0.2) is 23.2 Å². The van der Waals surface area contributed by atoms with Gasteiger partial charge in [0.15, 0.2) is 12.2 Å². The number of fused-ring (bicyclic) bond motifs is 2. The molecule has 4 rings (SSSR count). The van der Waals surface area contributed by atoms with Gasteiger partial charge in [0.25, 0.3) is 0 Å². The molecule has 0 radical (unpaired) electrons. The number of hydrogen-bond donors (Lipinski definition) is 1. The Bertz CT molecular complexity index is 708. The molecular formula is C16H21N4OS+. The molecule has 0 spiro atoms. The zero-order valence-electron chi connectivity index (χ0n) is 12.8. The maximum Gasteiger partial charge on any atom is 0.240 e. The number of ether oxygens (including phenoxy) is 1. The molecule has 0 atom stereocenters. The van der Waals surface area contributed by atoms with Crippen molar-refractivity contribution in [2.45, 2.75) is 45.1 Å². The van der Waals surface area contributed by atoms with E-state index in [1.54, 1.807) is 0 Å². The standard InChI is InChI=1S/C16H21N4OS/c1-10-18-8-12(16(17)19-10)9-20-14-5-7-21-6-4-13(22-14)15(20)11-2-3-11/h8,11H,2-7,9H2,1H3,(H2,17,18,19)/q+1. The lowest BCUT2D eigenvalue weighted by atomic mass is 10.2. The molecule has 116 valence electrons. The molecule has 0 unspecified atom stereocenters. The van der Waals surface area contributed by atoms with Crippen LogP contribution in [0, 0.1) is 6.92 Å². The van der Waals surface area contributed by atoms with Crippen molar-refractivity contribution in [3.63, 3.8) is 0 Å². The summed E-state index contributed by atoms with van der Waals surface area (Å²) in [6.07, 6.45) is 6.51. The van der Waals surface area contributed by atoms with Gasteiger partial charge in [-0.2, -0.15) is 4.57 Å². The largest absolute Gasteiger partial charge is 0.383 e. The summed E-state index contributed by atoms with van der Waals surface area (Å²) < 4.78 is 8.17. The molecule has 2 aromatic heterocycles. The Morgan fingerprint density at radius 3 is 2.95 bits per heavy atom. The van der Waals surface area contributed by atoms with E-state index in [2.05, 4.69) is 14.5 Å². The zero-order chi connectivity index (χ0) is 15.1. The monoisotopic (exact) mass is 317 g/mol. The van der Waals surface area contributed by atoms with Crippen molar-refractivity contribution in [3.05, 3.63) is 33.2 Å².